The molecule has 0 aliphatic carbocycles. The van der Waals surface area contributed by atoms with Crippen molar-refractivity contribution in [3.8, 4) is 23.0 Å². The highest BCUT2D eigenvalue weighted by Crippen LogP contribution is 2.42. The van der Waals surface area contributed by atoms with Crippen molar-refractivity contribution in [3.05, 3.63) is 71.8 Å². The SMILES string of the molecule is FC(F)(F)c1cc(NC2CCNCC2)ccc1Oc1ccc(Oc2ccc(NC3CCCNC3)cc2C(F)(F)F)cc1. The number of ether oxygens (including phenoxy) is 2. The summed E-state index contributed by atoms with van der Waals surface area (Å²) in [6, 6.07) is 13.1. The number of rotatable bonds is 8. The molecule has 12 heteroatoms. The molecule has 3 aromatic carbocycles. The molecular formula is C30H32F6N4O2. The van der Waals surface area contributed by atoms with Gasteiger partial charge in [-0.25, -0.2) is 0 Å². The average molecular weight is 595 g/mol. The fourth-order valence-corrected chi connectivity index (χ4v) is 5.10. The van der Waals surface area contributed by atoms with Crippen LogP contribution in [-0.4, -0.2) is 38.3 Å². The molecule has 2 aliphatic heterocycles. The van der Waals surface area contributed by atoms with Crippen LogP contribution in [0.25, 0.3) is 0 Å². The topological polar surface area (TPSA) is 66.6 Å². The molecule has 0 amide bonds. The van der Waals surface area contributed by atoms with Crippen LogP contribution in [0.5, 0.6) is 23.0 Å². The molecule has 0 aromatic heterocycles. The van der Waals surface area contributed by atoms with Gasteiger partial charge in [0.25, 0.3) is 0 Å². The van der Waals surface area contributed by atoms with Crippen LogP contribution < -0.4 is 30.7 Å². The minimum atomic E-state index is -4.66. The van der Waals surface area contributed by atoms with Gasteiger partial charge in [-0.3, -0.25) is 0 Å². The zero-order valence-electron chi connectivity index (χ0n) is 22.7. The molecule has 2 heterocycles. The van der Waals surface area contributed by atoms with Gasteiger partial charge < -0.3 is 30.7 Å². The maximum atomic E-state index is 13.9. The van der Waals surface area contributed by atoms with Crippen LogP contribution in [0.2, 0.25) is 0 Å². The Morgan fingerprint density at radius 2 is 1.10 bits per heavy atom. The van der Waals surface area contributed by atoms with E-state index >= 15 is 0 Å². The van der Waals surface area contributed by atoms with Crippen LogP contribution in [0.15, 0.2) is 60.7 Å². The molecule has 42 heavy (non-hydrogen) atoms. The summed E-state index contributed by atoms with van der Waals surface area (Å²) < 4.78 is 94.3. The van der Waals surface area contributed by atoms with Crippen LogP contribution >= 0.6 is 0 Å². The summed E-state index contributed by atoms with van der Waals surface area (Å²) in [6.07, 6.45) is -5.93. The Balaban J connectivity index is 1.29. The Morgan fingerprint density at radius 1 is 0.595 bits per heavy atom. The van der Waals surface area contributed by atoms with Gasteiger partial charge in [0, 0.05) is 30.0 Å². The summed E-state index contributed by atoms with van der Waals surface area (Å²) in [7, 11) is 0. The van der Waals surface area contributed by atoms with Crippen molar-refractivity contribution in [3.63, 3.8) is 0 Å². The fourth-order valence-electron chi connectivity index (χ4n) is 5.10. The lowest BCUT2D eigenvalue weighted by molar-refractivity contribution is -0.139. The predicted molar refractivity (Wildman–Crippen MR) is 149 cm³/mol. The summed E-state index contributed by atoms with van der Waals surface area (Å²) in [4.78, 5) is 0. The minimum Gasteiger partial charge on any atom is -0.457 e. The van der Waals surface area contributed by atoms with Gasteiger partial charge in [0.1, 0.15) is 34.1 Å². The highest BCUT2D eigenvalue weighted by Gasteiger charge is 2.36. The maximum absolute atomic E-state index is 13.9. The average Bonchev–Trinajstić information content (AvgIpc) is 2.96. The summed E-state index contributed by atoms with van der Waals surface area (Å²) in [5.41, 5.74) is -1.19. The summed E-state index contributed by atoms with van der Waals surface area (Å²) in [5, 5.41) is 12.7. The number of hydrogen-bond acceptors (Lipinski definition) is 6. The van der Waals surface area contributed by atoms with Gasteiger partial charge in [-0.05, 0) is 106 Å². The van der Waals surface area contributed by atoms with E-state index in [1.807, 2.05) is 0 Å². The highest BCUT2D eigenvalue weighted by molar-refractivity contribution is 5.55. The van der Waals surface area contributed by atoms with Crippen LogP contribution in [0, 0.1) is 0 Å². The van der Waals surface area contributed by atoms with Gasteiger partial charge in [0.15, 0.2) is 0 Å². The molecule has 2 aliphatic rings. The Morgan fingerprint density at radius 3 is 1.55 bits per heavy atom. The fraction of sp³-hybridized carbons (Fsp3) is 0.400. The van der Waals surface area contributed by atoms with Gasteiger partial charge in [-0.2, -0.15) is 26.3 Å². The second-order valence-corrected chi connectivity index (χ2v) is 10.4. The second-order valence-electron chi connectivity index (χ2n) is 10.4. The van der Waals surface area contributed by atoms with Crippen molar-refractivity contribution in [1.82, 2.24) is 10.6 Å². The van der Waals surface area contributed by atoms with Gasteiger partial charge in [0.05, 0.1) is 0 Å². The van der Waals surface area contributed by atoms with Gasteiger partial charge in [0.2, 0.25) is 0 Å². The first-order chi connectivity index (χ1) is 20.0. The van der Waals surface area contributed by atoms with E-state index in [1.165, 1.54) is 48.5 Å². The number of nitrogens with one attached hydrogen (secondary N) is 4. The zero-order valence-corrected chi connectivity index (χ0v) is 22.7. The van der Waals surface area contributed by atoms with Crippen molar-refractivity contribution in [1.29, 1.82) is 0 Å². The van der Waals surface area contributed by atoms with Gasteiger partial charge in [-0.15, -0.1) is 0 Å². The van der Waals surface area contributed by atoms with E-state index in [1.54, 1.807) is 0 Å². The standard InChI is InChI=1S/C30H32F6N4O2/c31-29(32,33)25-16-20(39-19-11-14-37-15-12-19)3-9-27(25)41-23-5-7-24(8-6-23)42-28-10-4-21(17-26(28)30(34,35)36)40-22-2-1-13-38-18-22/h3-10,16-17,19,22,37-40H,1-2,11-15,18H2. The molecule has 6 nitrogen and oxygen atoms in total. The van der Waals surface area contributed by atoms with E-state index < -0.39 is 23.5 Å². The predicted octanol–water partition coefficient (Wildman–Crippen LogP) is 7.64. The first kappa shape index (κ1) is 29.8. The Hall–Kier alpha value is -3.64. The van der Waals surface area contributed by atoms with E-state index in [9.17, 15) is 26.3 Å². The molecular weight excluding hydrogens is 562 g/mol. The summed E-state index contributed by atoms with van der Waals surface area (Å²) in [5.74, 6) is -0.631. The van der Waals surface area contributed by atoms with Crippen molar-refractivity contribution in [2.24, 2.45) is 0 Å². The molecule has 2 fully saturated rings. The summed E-state index contributed by atoms with van der Waals surface area (Å²) >= 11 is 0. The molecule has 0 bridgehead atoms. The number of hydrogen-bond donors (Lipinski definition) is 4. The smallest absolute Gasteiger partial charge is 0.420 e. The quantitative estimate of drug-likeness (QED) is 0.201. The van der Waals surface area contributed by atoms with Crippen LogP contribution in [0.4, 0.5) is 37.7 Å². The zero-order chi connectivity index (χ0) is 29.7. The number of alkyl halides is 6. The first-order valence-corrected chi connectivity index (χ1v) is 13.9. The van der Waals surface area contributed by atoms with Gasteiger partial charge >= 0.3 is 12.4 Å². The molecule has 0 saturated carbocycles. The molecule has 226 valence electrons. The molecule has 4 N–H and O–H groups in total. The number of benzene rings is 3. The van der Waals surface area contributed by atoms with Crippen LogP contribution in [-0.2, 0) is 12.4 Å². The van der Waals surface area contributed by atoms with Crippen LogP contribution in [0.1, 0.15) is 36.8 Å². The normalized spacial score (nSPS) is 18.4. The number of piperidine rings is 2. The van der Waals surface area contributed by atoms with E-state index in [4.69, 9.17) is 9.47 Å². The lowest BCUT2D eigenvalue weighted by Gasteiger charge is -2.25. The first-order valence-electron chi connectivity index (χ1n) is 13.9. The van der Waals surface area contributed by atoms with Crippen molar-refractivity contribution in [2.75, 3.05) is 36.8 Å². The van der Waals surface area contributed by atoms with E-state index in [0.717, 1.165) is 57.5 Å². The minimum absolute atomic E-state index is 0.0268. The molecule has 5 rings (SSSR count). The lowest BCUT2D eigenvalue weighted by Crippen LogP contribution is -2.38. The number of halogens is 6. The molecule has 3 aromatic rings. The van der Waals surface area contributed by atoms with Crippen molar-refractivity contribution >= 4 is 11.4 Å². The third kappa shape index (κ3) is 7.80. The third-order valence-corrected chi connectivity index (χ3v) is 7.23. The number of anilines is 2. The van der Waals surface area contributed by atoms with E-state index in [2.05, 4.69) is 21.3 Å². The lowest BCUT2D eigenvalue weighted by atomic mass is 10.1. The Kier molecular flexibility index (Phi) is 9.02. The van der Waals surface area contributed by atoms with Crippen molar-refractivity contribution in [2.45, 2.75) is 50.1 Å². The van der Waals surface area contributed by atoms with Crippen molar-refractivity contribution < 1.29 is 35.8 Å². The largest absolute Gasteiger partial charge is 0.457 e. The van der Waals surface area contributed by atoms with E-state index in [0.29, 0.717) is 17.9 Å². The monoisotopic (exact) mass is 594 g/mol. The molecule has 1 unspecified atom stereocenters. The Labute approximate surface area is 239 Å². The molecule has 0 spiro atoms. The highest BCUT2D eigenvalue weighted by atomic mass is 19.4. The maximum Gasteiger partial charge on any atom is 0.420 e. The molecule has 1 atom stereocenters. The van der Waals surface area contributed by atoms with E-state index in [-0.39, 0.29) is 35.1 Å². The van der Waals surface area contributed by atoms with Crippen LogP contribution in [0.3, 0.4) is 0 Å². The molecule has 2 saturated heterocycles. The second kappa shape index (κ2) is 12.7. The third-order valence-electron chi connectivity index (χ3n) is 7.23. The molecule has 0 radical (unpaired) electrons. The Bertz CT molecular complexity index is 1230. The van der Waals surface area contributed by atoms with Gasteiger partial charge in [-0.1, -0.05) is 0 Å². The summed E-state index contributed by atoms with van der Waals surface area (Å²) in [6.45, 7) is 3.14.